The van der Waals surface area contributed by atoms with E-state index < -0.39 is 23.9 Å². The second-order valence-electron chi connectivity index (χ2n) is 6.10. The Morgan fingerprint density at radius 3 is 2.46 bits per heavy atom. The van der Waals surface area contributed by atoms with E-state index in [-0.39, 0.29) is 6.42 Å². The highest BCUT2D eigenvalue weighted by atomic mass is 16.6. The smallest absolute Gasteiger partial charge is 0.311 e. The van der Waals surface area contributed by atoms with Gasteiger partial charge in [-0.2, -0.15) is 0 Å². The molecule has 0 aromatic heterocycles. The zero-order valence-electron chi connectivity index (χ0n) is 15.3. The molecule has 2 aromatic carbocycles. The van der Waals surface area contributed by atoms with Crippen LogP contribution < -0.4 is 20.3 Å². The second-order valence-corrected chi connectivity index (χ2v) is 6.10. The van der Waals surface area contributed by atoms with Crippen molar-refractivity contribution >= 4 is 17.8 Å². The number of carbonyl (C=O) groups is 3. The maximum absolute atomic E-state index is 12.1. The SMILES string of the molecule is C[C@@H](OC(=O)Cc1ccc2c(c1)OCCO2)C(=O)NNC(=O)c1ccccc1. The minimum absolute atomic E-state index is 0.0232. The summed E-state index contributed by atoms with van der Waals surface area (Å²) in [5.41, 5.74) is 5.59. The summed E-state index contributed by atoms with van der Waals surface area (Å²) in [5, 5.41) is 0. The Morgan fingerprint density at radius 1 is 1.00 bits per heavy atom. The van der Waals surface area contributed by atoms with Crippen molar-refractivity contribution in [2.75, 3.05) is 13.2 Å². The van der Waals surface area contributed by atoms with E-state index in [1.54, 1.807) is 48.5 Å². The molecule has 0 radical (unpaired) electrons. The number of benzene rings is 2. The lowest BCUT2D eigenvalue weighted by molar-refractivity contribution is -0.154. The van der Waals surface area contributed by atoms with Gasteiger partial charge in [0.05, 0.1) is 6.42 Å². The second kappa shape index (κ2) is 8.90. The van der Waals surface area contributed by atoms with Crippen molar-refractivity contribution in [3.63, 3.8) is 0 Å². The molecular formula is C20H20N2O6. The first-order valence-corrected chi connectivity index (χ1v) is 8.76. The fourth-order valence-electron chi connectivity index (χ4n) is 2.54. The van der Waals surface area contributed by atoms with Gasteiger partial charge in [-0.25, -0.2) is 0 Å². The van der Waals surface area contributed by atoms with Gasteiger partial charge < -0.3 is 14.2 Å². The van der Waals surface area contributed by atoms with Gasteiger partial charge >= 0.3 is 5.97 Å². The Morgan fingerprint density at radius 2 is 1.71 bits per heavy atom. The number of hydrogen-bond acceptors (Lipinski definition) is 6. The summed E-state index contributed by atoms with van der Waals surface area (Å²) in [4.78, 5) is 36.0. The number of ether oxygens (including phenoxy) is 3. The number of hydrogen-bond donors (Lipinski definition) is 2. The molecule has 8 nitrogen and oxygen atoms in total. The standard InChI is InChI=1S/C20H20N2O6/c1-13(19(24)21-22-20(25)15-5-3-2-4-6-15)28-18(23)12-14-7-8-16-17(11-14)27-10-9-26-16/h2-8,11,13H,9-10,12H2,1H3,(H,21,24)(H,22,25)/t13-/m1/s1. The molecular weight excluding hydrogens is 364 g/mol. The summed E-state index contributed by atoms with van der Waals surface area (Å²) >= 11 is 0. The minimum atomic E-state index is -1.07. The van der Waals surface area contributed by atoms with E-state index in [0.29, 0.717) is 35.8 Å². The summed E-state index contributed by atoms with van der Waals surface area (Å²) in [5.74, 6) is -0.478. The third kappa shape index (κ3) is 5.00. The van der Waals surface area contributed by atoms with Gasteiger partial charge in [0.2, 0.25) is 0 Å². The molecule has 1 aliphatic rings. The first kappa shape index (κ1) is 19.2. The van der Waals surface area contributed by atoms with Crippen molar-refractivity contribution in [2.24, 2.45) is 0 Å². The van der Waals surface area contributed by atoms with E-state index in [0.717, 1.165) is 0 Å². The average Bonchev–Trinajstić information content (AvgIpc) is 2.72. The number of rotatable bonds is 5. The van der Waals surface area contributed by atoms with Gasteiger partial charge in [-0.05, 0) is 36.8 Å². The van der Waals surface area contributed by atoms with Crippen LogP contribution in [0.3, 0.4) is 0 Å². The fourth-order valence-corrected chi connectivity index (χ4v) is 2.54. The van der Waals surface area contributed by atoms with Crippen molar-refractivity contribution in [2.45, 2.75) is 19.4 Å². The van der Waals surface area contributed by atoms with Gasteiger partial charge in [-0.3, -0.25) is 25.2 Å². The van der Waals surface area contributed by atoms with Crippen LogP contribution >= 0.6 is 0 Å². The molecule has 0 spiro atoms. The van der Waals surface area contributed by atoms with Crippen LogP contribution in [-0.2, 0) is 20.7 Å². The lowest BCUT2D eigenvalue weighted by Gasteiger charge is -2.19. The third-order valence-corrected chi connectivity index (χ3v) is 3.97. The molecule has 0 aliphatic carbocycles. The third-order valence-electron chi connectivity index (χ3n) is 3.97. The predicted octanol–water partition coefficient (Wildman–Crippen LogP) is 1.39. The Balaban J connectivity index is 1.47. The summed E-state index contributed by atoms with van der Waals surface area (Å²) in [7, 11) is 0. The van der Waals surface area contributed by atoms with Crippen LogP contribution in [0.4, 0.5) is 0 Å². The highest BCUT2D eigenvalue weighted by molar-refractivity contribution is 5.95. The van der Waals surface area contributed by atoms with Crippen LogP contribution in [0.2, 0.25) is 0 Å². The van der Waals surface area contributed by atoms with Crippen molar-refractivity contribution in [3.05, 3.63) is 59.7 Å². The van der Waals surface area contributed by atoms with E-state index >= 15 is 0 Å². The van der Waals surface area contributed by atoms with Gasteiger partial charge in [0.15, 0.2) is 17.6 Å². The number of carbonyl (C=O) groups excluding carboxylic acids is 3. The largest absolute Gasteiger partial charge is 0.486 e. The maximum atomic E-state index is 12.1. The normalized spacial score (nSPS) is 13.2. The molecule has 0 saturated carbocycles. The highest BCUT2D eigenvalue weighted by Gasteiger charge is 2.20. The van der Waals surface area contributed by atoms with Gasteiger partial charge in [0, 0.05) is 5.56 Å². The maximum Gasteiger partial charge on any atom is 0.311 e. The number of hydrazine groups is 1. The fraction of sp³-hybridized carbons (Fsp3) is 0.250. The van der Waals surface area contributed by atoms with Crippen LogP contribution in [0.5, 0.6) is 11.5 Å². The van der Waals surface area contributed by atoms with E-state index in [1.165, 1.54) is 6.92 Å². The van der Waals surface area contributed by atoms with Gasteiger partial charge in [-0.15, -0.1) is 0 Å². The zero-order valence-corrected chi connectivity index (χ0v) is 15.3. The van der Waals surface area contributed by atoms with E-state index in [4.69, 9.17) is 14.2 Å². The topological polar surface area (TPSA) is 103 Å². The number of esters is 1. The van der Waals surface area contributed by atoms with Gasteiger partial charge in [0.1, 0.15) is 13.2 Å². The highest BCUT2D eigenvalue weighted by Crippen LogP contribution is 2.30. The first-order chi connectivity index (χ1) is 13.5. The molecule has 1 aliphatic heterocycles. The average molecular weight is 384 g/mol. The molecule has 0 saturated heterocycles. The molecule has 8 heteroatoms. The lowest BCUT2D eigenvalue weighted by atomic mass is 10.1. The van der Waals surface area contributed by atoms with Crippen LogP contribution in [0.25, 0.3) is 0 Å². The molecule has 1 atom stereocenters. The van der Waals surface area contributed by atoms with E-state index in [9.17, 15) is 14.4 Å². The molecule has 0 unspecified atom stereocenters. The molecule has 2 aromatic rings. The summed E-state index contributed by atoms with van der Waals surface area (Å²) in [6.07, 6.45) is -1.09. The number of nitrogens with one attached hydrogen (secondary N) is 2. The summed E-state index contributed by atoms with van der Waals surface area (Å²) < 4.78 is 16.0. The van der Waals surface area contributed by atoms with Crippen molar-refractivity contribution in [1.29, 1.82) is 0 Å². The van der Waals surface area contributed by atoms with Crippen molar-refractivity contribution < 1.29 is 28.6 Å². The monoisotopic (exact) mass is 384 g/mol. The van der Waals surface area contributed by atoms with Crippen LogP contribution in [0.15, 0.2) is 48.5 Å². The van der Waals surface area contributed by atoms with Crippen molar-refractivity contribution in [3.8, 4) is 11.5 Å². The molecule has 3 rings (SSSR count). The lowest BCUT2D eigenvalue weighted by Crippen LogP contribution is -2.46. The molecule has 2 amide bonds. The summed E-state index contributed by atoms with van der Waals surface area (Å²) in [6.45, 7) is 2.36. The minimum Gasteiger partial charge on any atom is -0.486 e. The summed E-state index contributed by atoms with van der Waals surface area (Å²) in [6, 6.07) is 13.6. The van der Waals surface area contributed by atoms with Crippen LogP contribution in [0, 0.1) is 0 Å². The number of fused-ring (bicyclic) bond motifs is 1. The Kier molecular flexibility index (Phi) is 6.11. The van der Waals surface area contributed by atoms with Crippen LogP contribution in [0.1, 0.15) is 22.8 Å². The number of amides is 2. The molecule has 0 bridgehead atoms. The molecule has 0 fully saturated rings. The molecule has 1 heterocycles. The Bertz CT molecular complexity index is 868. The van der Waals surface area contributed by atoms with Crippen LogP contribution in [-0.4, -0.2) is 37.1 Å². The zero-order chi connectivity index (χ0) is 19.9. The molecule has 2 N–H and O–H groups in total. The Labute approximate surface area is 161 Å². The molecule has 146 valence electrons. The molecule has 28 heavy (non-hydrogen) atoms. The first-order valence-electron chi connectivity index (χ1n) is 8.76. The van der Waals surface area contributed by atoms with Gasteiger partial charge in [0.25, 0.3) is 11.8 Å². The van der Waals surface area contributed by atoms with E-state index in [2.05, 4.69) is 10.9 Å². The van der Waals surface area contributed by atoms with Crippen molar-refractivity contribution in [1.82, 2.24) is 10.9 Å². The van der Waals surface area contributed by atoms with Gasteiger partial charge in [-0.1, -0.05) is 24.3 Å². The quantitative estimate of drug-likeness (QED) is 0.597. The predicted molar refractivity (Wildman–Crippen MR) is 98.7 cm³/mol. The Hall–Kier alpha value is -3.55. The van der Waals surface area contributed by atoms with E-state index in [1.807, 2.05) is 0 Å².